The van der Waals surface area contributed by atoms with Crippen LogP contribution in [0.4, 0.5) is 0 Å². The molecule has 0 fully saturated rings. The smallest absolute Gasteiger partial charge is 0.0156 e. The van der Waals surface area contributed by atoms with E-state index in [-0.39, 0.29) is 0 Å². The highest BCUT2D eigenvalue weighted by molar-refractivity contribution is 5.25. The van der Waals surface area contributed by atoms with Crippen LogP contribution >= 0.6 is 0 Å². The van der Waals surface area contributed by atoms with E-state index in [9.17, 15) is 0 Å². The summed E-state index contributed by atoms with van der Waals surface area (Å²) in [6.45, 7) is 10.2. The van der Waals surface area contributed by atoms with E-state index in [0.29, 0.717) is 5.92 Å². The van der Waals surface area contributed by atoms with Gasteiger partial charge in [-0.3, -0.25) is 0 Å². The summed E-state index contributed by atoms with van der Waals surface area (Å²) in [7, 11) is 0. The first-order chi connectivity index (χ1) is 7.09. The molecule has 80 valence electrons. The molecule has 0 heterocycles. The Morgan fingerprint density at radius 3 is 2.47 bits per heavy atom. The van der Waals surface area contributed by atoms with Crippen molar-refractivity contribution >= 4 is 0 Å². The lowest BCUT2D eigenvalue weighted by Gasteiger charge is -2.09. The quantitative estimate of drug-likeness (QED) is 0.622. The summed E-state index contributed by atoms with van der Waals surface area (Å²) in [5.74, 6) is 0.584. The van der Waals surface area contributed by atoms with Crippen LogP contribution in [-0.2, 0) is 0 Å². The van der Waals surface area contributed by atoms with E-state index in [2.05, 4.69) is 56.8 Å². The molecule has 0 radical (unpaired) electrons. The standard InChI is InChI=1S/C15H20/c1-12(2)6-5-7-14(4)15-10-8-13(3)9-11-15/h5-6,8-11,14H,1,7H2,2-4H3. The lowest BCUT2D eigenvalue weighted by atomic mass is 9.96. The molecule has 0 aromatic heterocycles. The molecular formula is C15H20. The monoisotopic (exact) mass is 200 g/mol. The molecule has 0 aliphatic rings. The molecule has 0 bridgehead atoms. The molecule has 0 heteroatoms. The van der Waals surface area contributed by atoms with E-state index >= 15 is 0 Å². The van der Waals surface area contributed by atoms with E-state index in [0.717, 1.165) is 12.0 Å². The van der Waals surface area contributed by atoms with E-state index in [1.165, 1.54) is 11.1 Å². The molecule has 0 saturated carbocycles. The maximum Gasteiger partial charge on any atom is -0.0156 e. The van der Waals surface area contributed by atoms with Crippen molar-refractivity contribution in [3.8, 4) is 0 Å². The maximum atomic E-state index is 3.85. The highest BCUT2D eigenvalue weighted by Crippen LogP contribution is 2.19. The molecule has 1 unspecified atom stereocenters. The van der Waals surface area contributed by atoms with Gasteiger partial charge in [-0.15, -0.1) is 0 Å². The molecule has 1 aromatic carbocycles. The Morgan fingerprint density at radius 2 is 1.93 bits per heavy atom. The second-order valence-electron chi connectivity index (χ2n) is 4.30. The van der Waals surface area contributed by atoms with Crippen LogP contribution < -0.4 is 0 Å². The van der Waals surface area contributed by atoms with Crippen molar-refractivity contribution in [1.82, 2.24) is 0 Å². The van der Waals surface area contributed by atoms with Gasteiger partial charge in [-0.25, -0.2) is 0 Å². The molecular weight excluding hydrogens is 180 g/mol. The third-order valence-corrected chi connectivity index (χ3v) is 2.54. The average Bonchev–Trinajstić information content (AvgIpc) is 2.18. The van der Waals surface area contributed by atoms with Gasteiger partial charge in [0, 0.05) is 0 Å². The van der Waals surface area contributed by atoms with E-state index in [4.69, 9.17) is 0 Å². The van der Waals surface area contributed by atoms with Crippen molar-refractivity contribution in [1.29, 1.82) is 0 Å². The molecule has 1 aromatic rings. The molecule has 1 rings (SSSR count). The lowest BCUT2D eigenvalue weighted by Crippen LogP contribution is -1.91. The first kappa shape index (κ1) is 11.8. The van der Waals surface area contributed by atoms with Crippen molar-refractivity contribution in [2.45, 2.75) is 33.1 Å². The largest absolute Gasteiger partial charge is 0.0961 e. The van der Waals surface area contributed by atoms with Gasteiger partial charge in [0.25, 0.3) is 0 Å². The first-order valence-electron chi connectivity index (χ1n) is 5.48. The van der Waals surface area contributed by atoms with Gasteiger partial charge in [-0.1, -0.05) is 61.1 Å². The minimum Gasteiger partial charge on any atom is -0.0961 e. The number of hydrogen-bond acceptors (Lipinski definition) is 0. The van der Waals surface area contributed by atoms with Gasteiger partial charge in [0.2, 0.25) is 0 Å². The van der Waals surface area contributed by atoms with Crippen LogP contribution in [0, 0.1) is 6.92 Å². The third-order valence-electron chi connectivity index (χ3n) is 2.54. The van der Waals surface area contributed by atoms with Crippen molar-refractivity contribution < 1.29 is 0 Å². The van der Waals surface area contributed by atoms with Crippen molar-refractivity contribution in [3.63, 3.8) is 0 Å². The van der Waals surface area contributed by atoms with E-state index in [1.807, 2.05) is 6.92 Å². The zero-order valence-electron chi connectivity index (χ0n) is 9.96. The highest BCUT2D eigenvalue weighted by atomic mass is 14.1. The topological polar surface area (TPSA) is 0 Å². The van der Waals surface area contributed by atoms with Crippen molar-refractivity contribution in [3.05, 3.63) is 59.7 Å². The van der Waals surface area contributed by atoms with E-state index < -0.39 is 0 Å². The van der Waals surface area contributed by atoms with E-state index in [1.54, 1.807) is 0 Å². The Hall–Kier alpha value is -1.30. The predicted molar refractivity (Wildman–Crippen MR) is 68.2 cm³/mol. The second kappa shape index (κ2) is 5.55. The predicted octanol–water partition coefficient (Wildman–Crippen LogP) is 4.62. The molecule has 0 N–H and O–H groups in total. The van der Waals surface area contributed by atoms with Crippen LogP contribution in [0.2, 0.25) is 0 Å². The van der Waals surface area contributed by atoms with Crippen molar-refractivity contribution in [2.24, 2.45) is 0 Å². The molecule has 0 aliphatic heterocycles. The number of hydrogen-bond donors (Lipinski definition) is 0. The summed E-state index contributed by atoms with van der Waals surface area (Å²) in [4.78, 5) is 0. The summed E-state index contributed by atoms with van der Waals surface area (Å²) >= 11 is 0. The molecule has 0 amide bonds. The Kier molecular flexibility index (Phi) is 4.36. The van der Waals surface area contributed by atoms with Gasteiger partial charge < -0.3 is 0 Å². The SMILES string of the molecule is C=C(C)C=CCC(C)c1ccc(C)cc1. The van der Waals surface area contributed by atoms with Gasteiger partial charge in [-0.05, 0) is 31.7 Å². The summed E-state index contributed by atoms with van der Waals surface area (Å²) in [6.07, 6.45) is 5.37. The second-order valence-corrected chi connectivity index (χ2v) is 4.30. The van der Waals surface area contributed by atoms with Gasteiger partial charge in [0.05, 0.1) is 0 Å². The fourth-order valence-electron chi connectivity index (χ4n) is 1.50. The molecule has 0 spiro atoms. The van der Waals surface area contributed by atoms with Gasteiger partial charge in [0.15, 0.2) is 0 Å². The summed E-state index contributed by atoms with van der Waals surface area (Å²) < 4.78 is 0. The average molecular weight is 200 g/mol. The van der Waals surface area contributed by atoms with Crippen LogP contribution in [0.1, 0.15) is 37.3 Å². The number of allylic oxidation sites excluding steroid dienone is 3. The zero-order valence-corrected chi connectivity index (χ0v) is 9.96. The fourth-order valence-corrected chi connectivity index (χ4v) is 1.50. The van der Waals surface area contributed by atoms with Crippen LogP contribution in [0.3, 0.4) is 0 Å². The highest BCUT2D eigenvalue weighted by Gasteiger charge is 2.02. The first-order valence-corrected chi connectivity index (χ1v) is 5.48. The third kappa shape index (κ3) is 4.16. The number of benzene rings is 1. The Balaban J connectivity index is 2.57. The van der Waals surface area contributed by atoms with Crippen LogP contribution in [-0.4, -0.2) is 0 Å². The van der Waals surface area contributed by atoms with Crippen LogP contribution in [0.25, 0.3) is 0 Å². The number of rotatable bonds is 4. The summed E-state index contributed by atoms with van der Waals surface area (Å²) in [5, 5.41) is 0. The van der Waals surface area contributed by atoms with Gasteiger partial charge in [-0.2, -0.15) is 0 Å². The van der Waals surface area contributed by atoms with Crippen molar-refractivity contribution in [2.75, 3.05) is 0 Å². The summed E-state index contributed by atoms with van der Waals surface area (Å²) in [6, 6.07) is 8.78. The minimum atomic E-state index is 0.584. The maximum absolute atomic E-state index is 3.85. The lowest BCUT2D eigenvalue weighted by molar-refractivity contribution is 0.780. The van der Waals surface area contributed by atoms with Crippen LogP contribution in [0.15, 0.2) is 48.6 Å². The normalized spacial score (nSPS) is 13.0. The molecule has 1 atom stereocenters. The van der Waals surface area contributed by atoms with Crippen LogP contribution in [0.5, 0.6) is 0 Å². The minimum absolute atomic E-state index is 0.584. The molecule has 0 nitrogen and oxygen atoms in total. The Bertz CT molecular complexity index is 341. The molecule has 0 saturated heterocycles. The molecule has 0 aliphatic carbocycles. The molecule has 15 heavy (non-hydrogen) atoms. The fraction of sp³-hybridized carbons (Fsp3) is 0.333. The Labute approximate surface area is 93.3 Å². The Morgan fingerprint density at radius 1 is 1.33 bits per heavy atom. The number of aryl methyl sites for hydroxylation is 1. The van der Waals surface area contributed by atoms with Gasteiger partial charge in [0.1, 0.15) is 0 Å². The van der Waals surface area contributed by atoms with Gasteiger partial charge >= 0.3 is 0 Å². The zero-order chi connectivity index (χ0) is 11.3. The summed E-state index contributed by atoms with van der Waals surface area (Å²) in [5.41, 5.74) is 3.85.